The van der Waals surface area contributed by atoms with Crippen molar-refractivity contribution in [2.24, 2.45) is 0 Å². The summed E-state index contributed by atoms with van der Waals surface area (Å²) in [5, 5.41) is 0.350. The van der Waals surface area contributed by atoms with Gasteiger partial charge in [0.15, 0.2) is 0 Å². The van der Waals surface area contributed by atoms with Crippen LogP contribution in [0.25, 0.3) is 0 Å². The predicted octanol–water partition coefficient (Wildman–Crippen LogP) is 1.80. The first-order chi connectivity index (χ1) is 8.56. The van der Waals surface area contributed by atoms with E-state index in [-0.39, 0.29) is 12.3 Å². The summed E-state index contributed by atoms with van der Waals surface area (Å²) in [6.07, 6.45) is 0.104. The Morgan fingerprint density at radius 1 is 1.33 bits per heavy atom. The lowest BCUT2D eigenvalue weighted by molar-refractivity contribution is -0.132. The summed E-state index contributed by atoms with van der Waals surface area (Å²) >= 11 is 5.68. The van der Waals surface area contributed by atoms with E-state index in [2.05, 4.69) is 4.90 Å². The highest BCUT2D eigenvalue weighted by Gasteiger charge is 2.20. The molecule has 0 atom stereocenters. The van der Waals surface area contributed by atoms with Crippen LogP contribution in [0.15, 0.2) is 18.2 Å². The Balaban J connectivity index is 1.98. The van der Waals surface area contributed by atoms with Crippen molar-refractivity contribution in [2.75, 3.05) is 33.2 Å². The average Bonchev–Trinajstić information content (AvgIpc) is 2.33. The number of carbonyl (C=O) groups excluding carboxylic acids is 1. The third kappa shape index (κ3) is 3.21. The second-order valence-electron chi connectivity index (χ2n) is 4.60. The van der Waals surface area contributed by atoms with Crippen molar-refractivity contribution in [1.29, 1.82) is 0 Å². The number of halogens is 2. The molecule has 3 nitrogen and oxygen atoms in total. The van der Waals surface area contributed by atoms with Crippen molar-refractivity contribution in [3.05, 3.63) is 34.6 Å². The van der Waals surface area contributed by atoms with Gasteiger partial charge >= 0.3 is 0 Å². The molecular weight excluding hydrogens is 255 g/mol. The maximum atomic E-state index is 13.6. The van der Waals surface area contributed by atoms with Crippen LogP contribution in [-0.4, -0.2) is 48.9 Å². The fourth-order valence-electron chi connectivity index (χ4n) is 2.00. The molecule has 0 bridgehead atoms. The number of hydrogen-bond donors (Lipinski definition) is 0. The standard InChI is InChI=1S/C13H16ClFN2O/c1-16-4-6-17(7-5-16)13(18)8-10-2-3-11(14)9-12(10)15/h2-3,9H,4-8H2,1H3. The molecule has 1 aliphatic rings. The van der Waals surface area contributed by atoms with Crippen molar-refractivity contribution >= 4 is 17.5 Å². The van der Waals surface area contributed by atoms with Crippen LogP contribution >= 0.6 is 11.6 Å². The zero-order valence-electron chi connectivity index (χ0n) is 10.3. The number of likely N-dealkylation sites (N-methyl/N-ethyl adjacent to an activating group) is 1. The number of piperazine rings is 1. The number of amides is 1. The van der Waals surface area contributed by atoms with Crippen LogP contribution < -0.4 is 0 Å². The predicted molar refractivity (Wildman–Crippen MR) is 69.2 cm³/mol. The molecule has 0 unspecified atom stereocenters. The molecule has 1 aromatic rings. The summed E-state index contributed by atoms with van der Waals surface area (Å²) < 4.78 is 13.6. The lowest BCUT2D eigenvalue weighted by Gasteiger charge is -2.32. The van der Waals surface area contributed by atoms with Crippen LogP contribution in [0.3, 0.4) is 0 Å². The Hall–Kier alpha value is -1.13. The molecule has 0 radical (unpaired) electrons. The highest BCUT2D eigenvalue weighted by atomic mass is 35.5. The molecule has 1 fully saturated rings. The molecule has 5 heteroatoms. The van der Waals surface area contributed by atoms with Gasteiger partial charge in [0.05, 0.1) is 6.42 Å². The van der Waals surface area contributed by atoms with Crippen LogP contribution in [0, 0.1) is 5.82 Å². The number of nitrogens with zero attached hydrogens (tertiary/aromatic N) is 2. The van der Waals surface area contributed by atoms with Gasteiger partial charge in [-0.25, -0.2) is 4.39 Å². The van der Waals surface area contributed by atoms with Gasteiger partial charge in [0.1, 0.15) is 5.82 Å². The van der Waals surface area contributed by atoms with Gasteiger partial charge < -0.3 is 9.80 Å². The van der Waals surface area contributed by atoms with E-state index in [1.165, 1.54) is 6.07 Å². The summed E-state index contributed by atoms with van der Waals surface area (Å²) in [6.45, 7) is 3.17. The average molecular weight is 271 g/mol. The summed E-state index contributed by atoms with van der Waals surface area (Å²) in [5.41, 5.74) is 0.406. The molecule has 1 aromatic carbocycles. The molecule has 0 aliphatic carbocycles. The third-order valence-corrected chi connectivity index (χ3v) is 3.45. The minimum atomic E-state index is -0.412. The lowest BCUT2D eigenvalue weighted by atomic mass is 10.1. The number of benzene rings is 1. The molecule has 98 valence electrons. The Morgan fingerprint density at radius 2 is 2.00 bits per heavy atom. The van der Waals surface area contributed by atoms with Gasteiger partial charge in [-0.3, -0.25) is 4.79 Å². The van der Waals surface area contributed by atoms with Crippen LogP contribution in [-0.2, 0) is 11.2 Å². The fourth-order valence-corrected chi connectivity index (χ4v) is 2.15. The summed E-state index contributed by atoms with van der Waals surface area (Å²) in [6, 6.07) is 4.43. The molecule has 1 saturated heterocycles. The highest BCUT2D eigenvalue weighted by Crippen LogP contribution is 2.16. The first-order valence-corrected chi connectivity index (χ1v) is 6.34. The van der Waals surface area contributed by atoms with Gasteiger partial charge in [-0.2, -0.15) is 0 Å². The monoisotopic (exact) mass is 270 g/mol. The van der Waals surface area contributed by atoms with Crippen molar-refractivity contribution in [1.82, 2.24) is 9.80 Å². The topological polar surface area (TPSA) is 23.6 Å². The van der Waals surface area contributed by atoms with E-state index in [0.717, 1.165) is 13.1 Å². The zero-order chi connectivity index (χ0) is 13.1. The maximum absolute atomic E-state index is 13.6. The molecule has 1 heterocycles. The van der Waals surface area contributed by atoms with Crippen molar-refractivity contribution in [3.63, 3.8) is 0 Å². The quantitative estimate of drug-likeness (QED) is 0.818. The molecule has 2 rings (SSSR count). The number of rotatable bonds is 2. The smallest absolute Gasteiger partial charge is 0.227 e. The highest BCUT2D eigenvalue weighted by molar-refractivity contribution is 6.30. The van der Waals surface area contributed by atoms with Gasteiger partial charge in [-0.15, -0.1) is 0 Å². The fraction of sp³-hybridized carbons (Fsp3) is 0.462. The lowest BCUT2D eigenvalue weighted by Crippen LogP contribution is -2.47. The van der Waals surface area contributed by atoms with Crippen molar-refractivity contribution < 1.29 is 9.18 Å². The van der Waals surface area contributed by atoms with E-state index >= 15 is 0 Å². The van der Waals surface area contributed by atoms with Crippen molar-refractivity contribution in [2.45, 2.75) is 6.42 Å². The van der Waals surface area contributed by atoms with Gasteiger partial charge in [-0.05, 0) is 24.7 Å². The van der Waals surface area contributed by atoms with E-state index in [9.17, 15) is 9.18 Å². The van der Waals surface area contributed by atoms with E-state index in [0.29, 0.717) is 23.7 Å². The molecular formula is C13H16ClFN2O. The van der Waals surface area contributed by atoms with Crippen LogP contribution in [0.1, 0.15) is 5.56 Å². The van der Waals surface area contributed by atoms with E-state index in [1.807, 2.05) is 7.05 Å². The van der Waals surface area contributed by atoms with Crippen LogP contribution in [0.5, 0.6) is 0 Å². The summed E-state index contributed by atoms with van der Waals surface area (Å²) in [7, 11) is 2.03. The van der Waals surface area contributed by atoms with Crippen LogP contribution in [0.4, 0.5) is 4.39 Å². The minimum absolute atomic E-state index is 0.0238. The largest absolute Gasteiger partial charge is 0.340 e. The zero-order valence-corrected chi connectivity index (χ0v) is 11.1. The second-order valence-corrected chi connectivity index (χ2v) is 5.03. The Kier molecular flexibility index (Phi) is 4.19. The normalized spacial score (nSPS) is 16.9. The van der Waals surface area contributed by atoms with Gasteiger partial charge in [-0.1, -0.05) is 17.7 Å². The molecule has 0 spiro atoms. The maximum Gasteiger partial charge on any atom is 0.227 e. The summed E-state index contributed by atoms with van der Waals surface area (Å²) in [5.74, 6) is -0.436. The van der Waals surface area contributed by atoms with E-state index in [1.54, 1.807) is 17.0 Å². The molecule has 0 N–H and O–H groups in total. The van der Waals surface area contributed by atoms with Crippen LogP contribution in [0.2, 0.25) is 5.02 Å². The Labute approximate surface area is 111 Å². The number of carbonyl (C=O) groups is 1. The molecule has 1 amide bonds. The van der Waals surface area contributed by atoms with Gasteiger partial charge in [0, 0.05) is 31.2 Å². The molecule has 18 heavy (non-hydrogen) atoms. The molecule has 0 aromatic heterocycles. The first kappa shape index (κ1) is 13.3. The van der Waals surface area contributed by atoms with Gasteiger partial charge in [0.2, 0.25) is 5.91 Å². The van der Waals surface area contributed by atoms with E-state index in [4.69, 9.17) is 11.6 Å². The number of hydrogen-bond acceptors (Lipinski definition) is 2. The Morgan fingerprint density at radius 3 is 2.61 bits per heavy atom. The minimum Gasteiger partial charge on any atom is -0.340 e. The van der Waals surface area contributed by atoms with Crippen molar-refractivity contribution in [3.8, 4) is 0 Å². The molecule has 1 aliphatic heterocycles. The summed E-state index contributed by atoms with van der Waals surface area (Å²) in [4.78, 5) is 16.0. The van der Waals surface area contributed by atoms with Gasteiger partial charge in [0.25, 0.3) is 0 Å². The third-order valence-electron chi connectivity index (χ3n) is 3.21. The second kappa shape index (κ2) is 5.67. The first-order valence-electron chi connectivity index (χ1n) is 5.96. The van der Waals surface area contributed by atoms with E-state index < -0.39 is 5.82 Å². The Bertz CT molecular complexity index is 445. The SMILES string of the molecule is CN1CCN(C(=O)Cc2ccc(Cl)cc2F)CC1. The molecule has 0 saturated carbocycles.